The van der Waals surface area contributed by atoms with Gasteiger partial charge in [-0.1, -0.05) is 42.5 Å². The minimum atomic E-state index is -0.0908. The van der Waals surface area contributed by atoms with Crippen molar-refractivity contribution in [1.29, 1.82) is 0 Å². The molecule has 1 aliphatic rings. The second-order valence-electron chi connectivity index (χ2n) is 6.76. The van der Waals surface area contributed by atoms with Gasteiger partial charge in [0.1, 0.15) is 5.75 Å². The second kappa shape index (κ2) is 8.65. The molecule has 4 heteroatoms. The van der Waals surface area contributed by atoms with E-state index in [2.05, 4.69) is 0 Å². The van der Waals surface area contributed by atoms with Gasteiger partial charge in [0.15, 0.2) is 5.78 Å². The molecule has 1 saturated heterocycles. The molecule has 1 atom stereocenters. The zero-order valence-electron chi connectivity index (χ0n) is 15.2. The van der Waals surface area contributed by atoms with Crippen LogP contribution in [0.5, 0.6) is 5.75 Å². The van der Waals surface area contributed by atoms with Gasteiger partial charge in [-0.3, -0.25) is 9.59 Å². The van der Waals surface area contributed by atoms with E-state index in [-0.39, 0.29) is 17.6 Å². The lowest BCUT2D eigenvalue weighted by Crippen LogP contribution is -2.42. The Balaban J connectivity index is 1.56. The molecule has 0 saturated carbocycles. The Bertz CT molecular complexity index is 757. The smallest absolute Gasteiger partial charge is 0.222 e. The van der Waals surface area contributed by atoms with Gasteiger partial charge in [0.05, 0.1) is 7.11 Å². The van der Waals surface area contributed by atoms with E-state index < -0.39 is 0 Å². The van der Waals surface area contributed by atoms with Gasteiger partial charge < -0.3 is 9.64 Å². The van der Waals surface area contributed by atoms with Crippen LogP contribution < -0.4 is 4.74 Å². The van der Waals surface area contributed by atoms with Crippen molar-refractivity contribution in [2.45, 2.75) is 25.7 Å². The number of likely N-dealkylation sites (tertiary alicyclic amines) is 1. The van der Waals surface area contributed by atoms with Gasteiger partial charge in [0, 0.05) is 31.0 Å². The number of rotatable bonds is 6. The highest BCUT2D eigenvalue weighted by Crippen LogP contribution is 2.22. The first kappa shape index (κ1) is 18.2. The predicted molar refractivity (Wildman–Crippen MR) is 101 cm³/mol. The lowest BCUT2D eigenvalue weighted by Gasteiger charge is -2.32. The quantitative estimate of drug-likeness (QED) is 0.745. The van der Waals surface area contributed by atoms with Crippen LogP contribution in [0.1, 0.15) is 35.2 Å². The number of carbonyl (C=O) groups excluding carboxylic acids is 2. The maximum atomic E-state index is 12.7. The SMILES string of the molecule is COc1cccc(CCC(=O)N2CCCC(C(=O)c3ccccc3)C2)c1. The van der Waals surface area contributed by atoms with Gasteiger partial charge in [-0.15, -0.1) is 0 Å². The third kappa shape index (κ3) is 4.51. The molecule has 1 fully saturated rings. The van der Waals surface area contributed by atoms with Crippen LogP contribution in [-0.4, -0.2) is 36.8 Å². The molecule has 2 aromatic rings. The number of Topliss-reactive ketones (excluding diaryl/α,β-unsaturated/α-hetero) is 1. The molecular formula is C22H25NO3. The molecule has 0 aromatic heterocycles. The summed E-state index contributed by atoms with van der Waals surface area (Å²) < 4.78 is 5.23. The number of ether oxygens (including phenoxy) is 1. The minimum Gasteiger partial charge on any atom is -0.497 e. The molecule has 0 bridgehead atoms. The number of nitrogens with zero attached hydrogens (tertiary/aromatic N) is 1. The molecule has 1 heterocycles. The van der Waals surface area contributed by atoms with Crippen molar-refractivity contribution in [2.75, 3.05) is 20.2 Å². The number of amides is 1. The lowest BCUT2D eigenvalue weighted by atomic mass is 9.90. The molecule has 0 N–H and O–H groups in total. The molecule has 0 aliphatic carbocycles. The summed E-state index contributed by atoms with van der Waals surface area (Å²) in [5, 5.41) is 0. The van der Waals surface area contributed by atoms with Gasteiger partial charge in [0.25, 0.3) is 0 Å². The van der Waals surface area contributed by atoms with Crippen LogP contribution in [0.2, 0.25) is 0 Å². The van der Waals surface area contributed by atoms with Gasteiger partial charge in [-0.05, 0) is 37.0 Å². The van der Waals surface area contributed by atoms with E-state index in [1.165, 1.54) is 0 Å². The fourth-order valence-electron chi connectivity index (χ4n) is 3.49. The number of methoxy groups -OCH3 is 1. The number of ketones is 1. The molecule has 1 amide bonds. The summed E-state index contributed by atoms with van der Waals surface area (Å²) in [5.41, 5.74) is 1.83. The van der Waals surface area contributed by atoms with Crippen LogP contribution in [0, 0.1) is 5.92 Å². The van der Waals surface area contributed by atoms with E-state index in [4.69, 9.17) is 4.74 Å². The van der Waals surface area contributed by atoms with Gasteiger partial charge in [-0.2, -0.15) is 0 Å². The van der Waals surface area contributed by atoms with Crippen LogP contribution in [0.15, 0.2) is 54.6 Å². The van der Waals surface area contributed by atoms with Crippen LogP contribution in [0.25, 0.3) is 0 Å². The summed E-state index contributed by atoms with van der Waals surface area (Å²) in [6.45, 7) is 1.28. The Morgan fingerprint density at radius 2 is 1.92 bits per heavy atom. The Kier molecular flexibility index (Phi) is 6.05. The Hall–Kier alpha value is -2.62. The molecule has 136 valence electrons. The van der Waals surface area contributed by atoms with E-state index in [0.29, 0.717) is 19.4 Å². The third-order valence-electron chi connectivity index (χ3n) is 4.96. The monoisotopic (exact) mass is 351 g/mol. The maximum Gasteiger partial charge on any atom is 0.222 e. The van der Waals surface area contributed by atoms with Crippen molar-refractivity contribution in [1.82, 2.24) is 4.90 Å². The number of benzene rings is 2. The van der Waals surface area contributed by atoms with Crippen LogP contribution in [-0.2, 0) is 11.2 Å². The summed E-state index contributed by atoms with van der Waals surface area (Å²) in [6.07, 6.45) is 2.88. The van der Waals surface area contributed by atoms with E-state index in [1.807, 2.05) is 59.5 Å². The summed E-state index contributed by atoms with van der Waals surface area (Å²) in [5.74, 6) is 0.989. The maximum absolute atomic E-state index is 12.7. The highest BCUT2D eigenvalue weighted by molar-refractivity contribution is 5.98. The van der Waals surface area contributed by atoms with Crippen molar-refractivity contribution >= 4 is 11.7 Å². The largest absolute Gasteiger partial charge is 0.497 e. The van der Waals surface area contributed by atoms with E-state index >= 15 is 0 Å². The fraction of sp³-hybridized carbons (Fsp3) is 0.364. The van der Waals surface area contributed by atoms with Crippen molar-refractivity contribution in [3.05, 3.63) is 65.7 Å². The molecule has 1 unspecified atom stereocenters. The van der Waals surface area contributed by atoms with Crippen LogP contribution in [0.4, 0.5) is 0 Å². The molecular weight excluding hydrogens is 326 g/mol. The fourth-order valence-corrected chi connectivity index (χ4v) is 3.49. The van der Waals surface area contributed by atoms with E-state index in [9.17, 15) is 9.59 Å². The average Bonchev–Trinajstić information content (AvgIpc) is 2.72. The van der Waals surface area contributed by atoms with Crippen molar-refractivity contribution in [3.8, 4) is 5.75 Å². The average molecular weight is 351 g/mol. The van der Waals surface area contributed by atoms with Crippen molar-refractivity contribution in [3.63, 3.8) is 0 Å². The number of hydrogen-bond acceptors (Lipinski definition) is 3. The zero-order chi connectivity index (χ0) is 18.4. The van der Waals surface area contributed by atoms with Crippen LogP contribution >= 0.6 is 0 Å². The summed E-state index contributed by atoms with van der Waals surface area (Å²) in [4.78, 5) is 27.1. The third-order valence-corrected chi connectivity index (χ3v) is 4.96. The zero-order valence-corrected chi connectivity index (χ0v) is 15.2. The number of hydrogen-bond donors (Lipinski definition) is 0. The van der Waals surface area contributed by atoms with Gasteiger partial charge >= 0.3 is 0 Å². The van der Waals surface area contributed by atoms with E-state index in [0.717, 1.165) is 36.3 Å². The van der Waals surface area contributed by atoms with Gasteiger partial charge in [-0.25, -0.2) is 0 Å². The molecule has 2 aromatic carbocycles. The normalized spacial score (nSPS) is 17.0. The first-order valence-corrected chi connectivity index (χ1v) is 9.17. The topological polar surface area (TPSA) is 46.6 Å². The highest BCUT2D eigenvalue weighted by Gasteiger charge is 2.28. The van der Waals surface area contributed by atoms with Crippen molar-refractivity contribution < 1.29 is 14.3 Å². The molecule has 1 aliphatic heterocycles. The van der Waals surface area contributed by atoms with Crippen LogP contribution in [0.3, 0.4) is 0 Å². The minimum absolute atomic E-state index is 0.0908. The first-order chi connectivity index (χ1) is 12.7. The predicted octanol–water partition coefficient (Wildman–Crippen LogP) is 3.75. The molecule has 3 rings (SSSR count). The summed E-state index contributed by atoms with van der Waals surface area (Å²) in [7, 11) is 1.64. The lowest BCUT2D eigenvalue weighted by molar-refractivity contribution is -0.132. The second-order valence-corrected chi connectivity index (χ2v) is 6.76. The highest BCUT2D eigenvalue weighted by atomic mass is 16.5. The van der Waals surface area contributed by atoms with Crippen molar-refractivity contribution in [2.24, 2.45) is 5.92 Å². The molecule has 0 radical (unpaired) electrons. The summed E-state index contributed by atoms with van der Waals surface area (Å²) >= 11 is 0. The van der Waals surface area contributed by atoms with E-state index in [1.54, 1.807) is 7.11 Å². The summed E-state index contributed by atoms with van der Waals surface area (Å²) in [6, 6.07) is 17.2. The number of piperidine rings is 1. The Morgan fingerprint density at radius 3 is 2.69 bits per heavy atom. The Morgan fingerprint density at radius 1 is 1.12 bits per heavy atom. The molecule has 26 heavy (non-hydrogen) atoms. The number of carbonyl (C=O) groups is 2. The number of aryl methyl sites for hydroxylation is 1. The molecule has 4 nitrogen and oxygen atoms in total. The molecule has 0 spiro atoms. The Labute approximate surface area is 154 Å². The first-order valence-electron chi connectivity index (χ1n) is 9.17. The van der Waals surface area contributed by atoms with Gasteiger partial charge in [0.2, 0.25) is 5.91 Å². The standard InChI is InChI=1S/C22H25NO3/c1-26-20-11-5-7-17(15-20)12-13-21(24)23-14-6-10-19(16-23)22(25)18-8-3-2-4-9-18/h2-5,7-9,11,15,19H,6,10,12-14,16H2,1H3.